The predicted octanol–water partition coefficient (Wildman–Crippen LogP) is 9.66. The Balaban J connectivity index is 1.51. The number of amides is 1. The zero-order valence-corrected chi connectivity index (χ0v) is 27.2. The molecule has 0 bridgehead atoms. The Hall–Kier alpha value is -4.86. The number of ether oxygens (including phenoxy) is 2. The molecule has 0 aliphatic rings. The number of hydrogen-bond acceptors (Lipinski definition) is 9. The Morgan fingerprint density at radius 1 is 0.783 bits per heavy atom. The third kappa shape index (κ3) is 13.0. The van der Waals surface area contributed by atoms with Gasteiger partial charge in [-0.25, -0.2) is 4.79 Å². The zero-order valence-electron chi connectivity index (χ0n) is 27.2. The van der Waals surface area contributed by atoms with Crippen LogP contribution >= 0.6 is 0 Å². The van der Waals surface area contributed by atoms with E-state index in [0.717, 1.165) is 43.3 Å². The summed E-state index contributed by atoms with van der Waals surface area (Å²) in [7, 11) is 0. The van der Waals surface area contributed by atoms with Crippen LogP contribution in [-0.2, 0) is 14.3 Å². The topological polar surface area (TPSA) is 117 Å². The van der Waals surface area contributed by atoms with E-state index in [9.17, 15) is 9.59 Å². The maximum Gasteiger partial charge on any atom is 0.330 e. The third-order valence-electron chi connectivity index (χ3n) is 7.11. The summed E-state index contributed by atoms with van der Waals surface area (Å²) in [5.41, 5.74) is 3.80. The van der Waals surface area contributed by atoms with E-state index in [2.05, 4.69) is 44.2 Å². The first-order valence-corrected chi connectivity index (χ1v) is 16.1. The molecule has 3 aromatic carbocycles. The average molecular weight is 627 g/mol. The van der Waals surface area contributed by atoms with E-state index in [0.29, 0.717) is 35.8 Å². The predicted molar refractivity (Wildman–Crippen MR) is 183 cm³/mol. The molecule has 0 spiro atoms. The molecule has 0 radical (unpaired) electrons. The molecule has 1 N–H and O–H groups in total. The van der Waals surface area contributed by atoms with Gasteiger partial charge in [-0.15, -0.1) is 0 Å². The molecular weight excluding hydrogens is 580 g/mol. The van der Waals surface area contributed by atoms with Crippen LogP contribution in [0.4, 0.5) is 28.4 Å². The standard InChI is InChI=1S/C36H46N6O4/c1-5-9-10-11-12-13-35(37-34(43)6-2)46-33-24-20-31(21-25-33)41-39-29-16-14-28(15-17-29)38-40-30-18-22-32(23-19-30)42(8-4)26-27-45-36(44)7-3/h7,14-25,35H,3,5-6,8-13,26-27H2,1-2,4H3,(H,37,43)/b40-38+,41-39+. The molecule has 244 valence electrons. The van der Waals surface area contributed by atoms with Crippen LogP contribution in [0.1, 0.15) is 65.7 Å². The van der Waals surface area contributed by atoms with Crippen molar-refractivity contribution in [2.45, 2.75) is 71.9 Å². The summed E-state index contributed by atoms with van der Waals surface area (Å²) in [4.78, 5) is 25.4. The van der Waals surface area contributed by atoms with Gasteiger partial charge in [-0.2, -0.15) is 20.5 Å². The molecule has 0 heterocycles. The van der Waals surface area contributed by atoms with E-state index < -0.39 is 5.97 Å². The van der Waals surface area contributed by atoms with E-state index in [-0.39, 0.29) is 18.7 Å². The quantitative estimate of drug-likeness (QED) is 0.0440. The van der Waals surface area contributed by atoms with Crippen molar-refractivity contribution in [3.8, 4) is 5.75 Å². The number of nitrogens with one attached hydrogen (secondary N) is 1. The van der Waals surface area contributed by atoms with Gasteiger partial charge in [0.1, 0.15) is 12.4 Å². The van der Waals surface area contributed by atoms with Crippen molar-refractivity contribution >= 4 is 40.3 Å². The largest absolute Gasteiger partial charge is 0.471 e. The van der Waals surface area contributed by atoms with Gasteiger partial charge in [-0.3, -0.25) is 4.79 Å². The summed E-state index contributed by atoms with van der Waals surface area (Å²) in [5, 5.41) is 20.3. The second-order valence-electron chi connectivity index (χ2n) is 10.6. The highest BCUT2D eigenvalue weighted by Gasteiger charge is 2.13. The van der Waals surface area contributed by atoms with Crippen molar-refractivity contribution in [1.29, 1.82) is 0 Å². The van der Waals surface area contributed by atoms with E-state index in [1.807, 2.05) is 86.6 Å². The molecule has 0 saturated heterocycles. The lowest BCUT2D eigenvalue weighted by Gasteiger charge is -2.22. The van der Waals surface area contributed by atoms with Crippen LogP contribution in [0.25, 0.3) is 0 Å². The zero-order chi connectivity index (χ0) is 33.0. The molecular formula is C36H46N6O4. The highest BCUT2D eigenvalue weighted by atomic mass is 16.5. The van der Waals surface area contributed by atoms with Crippen molar-refractivity contribution in [2.75, 3.05) is 24.6 Å². The summed E-state index contributed by atoms with van der Waals surface area (Å²) in [5.74, 6) is 0.229. The highest BCUT2D eigenvalue weighted by Crippen LogP contribution is 2.26. The fourth-order valence-electron chi connectivity index (χ4n) is 4.46. The van der Waals surface area contributed by atoms with E-state index in [4.69, 9.17) is 9.47 Å². The molecule has 3 rings (SSSR count). The van der Waals surface area contributed by atoms with Crippen molar-refractivity contribution in [1.82, 2.24) is 5.32 Å². The summed E-state index contributed by atoms with van der Waals surface area (Å²) >= 11 is 0. The van der Waals surface area contributed by atoms with Gasteiger partial charge >= 0.3 is 5.97 Å². The number of azo groups is 2. The SMILES string of the molecule is C=CC(=O)OCCN(CC)c1ccc(/N=N/c2ccc(/N=N/c3ccc(OC(CCCCCCC)NC(=O)CC)cc3)cc2)cc1. The molecule has 1 atom stereocenters. The normalized spacial score (nSPS) is 11.8. The van der Waals surface area contributed by atoms with Gasteiger partial charge in [0.15, 0.2) is 6.23 Å². The maximum atomic E-state index is 12.0. The lowest BCUT2D eigenvalue weighted by atomic mass is 10.1. The van der Waals surface area contributed by atoms with Crippen LogP contribution < -0.4 is 15.0 Å². The fourth-order valence-corrected chi connectivity index (χ4v) is 4.46. The van der Waals surface area contributed by atoms with Gasteiger partial charge in [-0.1, -0.05) is 46.1 Å². The molecule has 0 aromatic heterocycles. The monoisotopic (exact) mass is 626 g/mol. The summed E-state index contributed by atoms with van der Waals surface area (Å²) < 4.78 is 11.2. The van der Waals surface area contributed by atoms with E-state index >= 15 is 0 Å². The molecule has 0 aliphatic carbocycles. The molecule has 3 aromatic rings. The second-order valence-corrected chi connectivity index (χ2v) is 10.6. The first-order valence-electron chi connectivity index (χ1n) is 16.1. The first kappa shape index (κ1) is 35.6. The molecule has 1 unspecified atom stereocenters. The Kier molecular flexibility index (Phi) is 15.7. The van der Waals surface area contributed by atoms with Crippen LogP contribution in [-0.4, -0.2) is 37.8 Å². The summed E-state index contributed by atoms with van der Waals surface area (Å²) in [6.07, 6.45) is 7.77. The van der Waals surface area contributed by atoms with Crippen molar-refractivity contribution in [2.24, 2.45) is 20.5 Å². The van der Waals surface area contributed by atoms with Crippen LogP contribution in [0.3, 0.4) is 0 Å². The molecule has 0 fully saturated rings. The number of unbranched alkanes of at least 4 members (excludes halogenated alkanes) is 4. The Morgan fingerprint density at radius 2 is 1.30 bits per heavy atom. The number of carbonyl (C=O) groups excluding carboxylic acids is 2. The molecule has 46 heavy (non-hydrogen) atoms. The van der Waals surface area contributed by atoms with Crippen molar-refractivity contribution in [3.05, 3.63) is 85.5 Å². The number of nitrogens with zero attached hydrogens (tertiary/aromatic N) is 5. The summed E-state index contributed by atoms with van der Waals surface area (Å²) in [6.45, 7) is 11.1. The highest BCUT2D eigenvalue weighted by molar-refractivity contribution is 5.81. The van der Waals surface area contributed by atoms with Gasteiger partial charge < -0.3 is 19.7 Å². The Bertz CT molecular complexity index is 1410. The molecule has 0 saturated carbocycles. The number of hydrogen-bond donors (Lipinski definition) is 1. The number of rotatable bonds is 20. The third-order valence-corrected chi connectivity index (χ3v) is 7.11. The lowest BCUT2D eigenvalue weighted by Crippen LogP contribution is -2.38. The van der Waals surface area contributed by atoms with E-state index in [1.165, 1.54) is 19.3 Å². The molecule has 10 nitrogen and oxygen atoms in total. The Morgan fingerprint density at radius 3 is 1.80 bits per heavy atom. The molecule has 10 heteroatoms. The van der Waals surface area contributed by atoms with Crippen LogP contribution in [0.15, 0.2) is 106 Å². The van der Waals surface area contributed by atoms with Crippen molar-refractivity contribution < 1.29 is 19.1 Å². The number of benzene rings is 3. The number of anilines is 1. The van der Waals surface area contributed by atoms with E-state index in [1.54, 1.807) is 0 Å². The number of likely N-dealkylation sites (N-methyl/N-ethyl adjacent to an activating group) is 1. The lowest BCUT2D eigenvalue weighted by molar-refractivity contribution is -0.137. The number of esters is 1. The second kappa shape index (κ2) is 20.2. The smallest absolute Gasteiger partial charge is 0.330 e. The Labute approximate surface area is 272 Å². The summed E-state index contributed by atoms with van der Waals surface area (Å²) in [6, 6.07) is 22.4. The van der Waals surface area contributed by atoms with Gasteiger partial charge in [-0.05, 0) is 86.1 Å². The van der Waals surface area contributed by atoms with Gasteiger partial charge in [0.2, 0.25) is 5.91 Å². The van der Waals surface area contributed by atoms with Crippen molar-refractivity contribution in [3.63, 3.8) is 0 Å². The van der Waals surface area contributed by atoms with Crippen LogP contribution in [0, 0.1) is 0 Å². The van der Waals surface area contributed by atoms with Gasteiger partial charge in [0.05, 0.1) is 29.3 Å². The van der Waals surface area contributed by atoms with Gasteiger partial charge in [0, 0.05) is 31.1 Å². The number of carbonyl (C=O) groups is 2. The molecule has 0 aliphatic heterocycles. The average Bonchev–Trinajstić information content (AvgIpc) is 3.09. The first-order chi connectivity index (χ1) is 22.4. The fraction of sp³-hybridized carbons (Fsp3) is 0.389. The molecule has 1 amide bonds. The minimum absolute atomic E-state index is 0.0208. The van der Waals surface area contributed by atoms with Crippen LogP contribution in [0.2, 0.25) is 0 Å². The minimum Gasteiger partial charge on any atom is -0.471 e. The maximum absolute atomic E-state index is 12.0. The van der Waals surface area contributed by atoms with Gasteiger partial charge in [0.25, 0.3) is 0 Å². The minimum atomic E-state index is -0.424. The van der Waals surface area contributed by atoms with Crippen LogP contribution in [0.5, 0.6) is 5.75 Å².